The second-order valence-corrected chi connectivity index (χ2v) is 4.62. The molecule has 2 aliphatic heterocycles. The largest absolute Gasteiger partial charge is 0.442 e. The number of fused-ring (bicyclic) bond motifs is 4. The summed E-state index contributed by atoms with van der Waals surface area (Å²) < 4.78 is 15.8. The van der Waals surface area contributed by atoms with E-state index in [0.717, 1.165) is 22.8 Å². The molecule has 2 aliphatic rings. The van der Waals surface area contributed by atoms with Gasteiger partial charge in [-0.2, -0.15) is 0 Å². The summed E-state index contributed by atoms with van der Waals surface area (Å²) in [5, 5.41) is 0. The monoisotopic (exact) mass is 249 g/mol. The smallest absolute Gasteiger partial charge is 0.433 e. The number of hydrogen-bond donors (Lipinski definition) is 0. The van der Waals surface area contributed by atoms with Gasteiger partial charge in [0.05, 0.1) is 5.46 Å². The highest BCUT2D eigenvalue weighted by Crippen LogP contribution is 2.35. The van der Waals surface area contributed by atoms with Gasteiger partial charge in [-0.1, -0.05) is 6.07 Å². The van der Waals surface area contributed by atoms with Crippen molar-refractivity contribution in [3.63, 3.8) is 0 Å². The molecule has 19 heavy (non-hydrogen) atoms. The zero-order chi connectivity index (χ0) is 12.4. The van der Waals surface area contributed by atoms with Gasteiger partial charge in [-0.15, -0.1) is 0 Å². The van der Waals surface area contributed by atoms with Gasteiger partial charge in [-0.05, 0) is 30.5 Å². The van der Waals surface area contributed by atoms with Gasteiger partial charge in [-0.25, -0.2) is 4.98 Å². The van der Waals surface area contributed by atoms with Crippen molar-refractivity contribution in [1.82, 2.24) is 13.9 Å². The van der Waals surface area contributed by atoms with Crippen molar-refractivity contribution in [1.29, 1.82) is 0 Å². The Kier molecular flexibility index (Phi) is 1.49. The Morgan fingerprint density at radius 2 is 1.84 bits per heavy atom. The molecule has 5 rings (SSSR count). The van der Waals surface area contributed by atoms with Crippen LogP contribution in [0.4, 0.5) is 0 Å². The minimum Gasteiger partial charge on any atom is -0.442 e. The van der Waals surface area contributed by atoms with Gasteiger partial charge in [0.1, 0.15) is 11.5 Å². The van der Waals surface area contributed by atoms with Gasteiger partial charge < -0.3 is 18.4 Å². The summed E-state index contributed by atoms with van der Waals surface area (Å²) in [5.41, 5.74) is 1.04. The highest BCUT2D eigenvalue weighted by atomic mass is 16.5. The molecule has 0 atom stereocenters. The van der Waals surface area contributed by atoms with Crippen LogP contribution < -0.4 is 14.9 Å². The summed E-state index contributed by atoms with van der Waals surface area (Å²) in [6.07, 6.45) is 5.68. The van der Waals surface area contributed by atoms with Crippen LogP contribution in [0.1, 0.15) is 0 Å². The fourth-order valence-corrected chi connectivity index (χ4v) is 2.81. The van der Waals surface area contributed by atoms with E-state index >= 15 is 0 Å². The van der Waals surface area contributed by atoms with Crippen LogP contribution in [0.3, 0.4) is 0 Å². The Balaban J connectivity index is 1.89. The van der Waals surface area contributed by atoms with Crippen molar-refractivity contribution in [3.8, 4) is 23.4 Å². The average molecular weight is 249 g/mol. The van der Waals surface area contributed by atoms with Crippen LogP contribution in [-0.2, 0) is 0 Å². The minimum atomic E-state index is 0.0104. The number of nitrogens with zero attached hydrogens (tertiary/aromatic N) is 3. The molecule has 5 nitrogen and oxygen atoms in total. The molecule has 0 saturated heterocycles. The van der Waals surface area contributed by atoms with Crippen molar-refractivity contribution in [2.24, 2.45) is 0 Å². The first-order chi connectivity index (χ1) is 9.42. The normalized spacial score (nSPS) is 14.0. The topological polar surface area (TPSA) is 41.2 Å². The maximum atomic E-state index is 5.91. The molecule has 0 saturated carbocycles. The average Bonchev–Trinajstić information content (AvgIpc) is 3.05. The lowest BCUT2D eigenvalue weighted by atomic mass is 9.65. The molecule has 90 valence electrons. The number of aromatic nitrogens is 3. The third-order valence-electron chi connectivity index (χ3n) is 3.60. The Bertz CT molecular complexity index is 745. The molecule has 0 amide bonds. The van der Waals surface area contributed by atoms with Crippen LogP contribution in [0.15, 0.2) is 48.9 Å². The number of benzene rings is 1. The molecule has 0 aliphatic carbocycles. The van der Waals surface area contributed by atoms with E-state index in [1.807, 2.05) is 47.2 Å². The first-order valence-electron chi connectivity index (χ1n) is 6.10. The minimum absolute atomic E-state index is 0.0104. The molecular formula is C13H8BN3O2. The van der Waals surface area contributed by atoms with E-state index in [4.69, 9.17) is 9.47 Å². The fourth-order valence-electron chi connectivity index (χ4n) is 2.81. The summed E-state index contributed by atoms with van der Waals surface area (Å²) in [5.74, 6) is 2.48. The first-order valence-corrected chi connectivity index (χ1v) is 6.10. The van der Waals surface area contributed by atoms with Crippen molar-refractivity contribution in [3.05, 3.63) is 48.9 Å². The van der Waals surface area contributed by atoms with Gasteiger partial charge in [0, 0.05) is 12.4 Å². The van der Waals surface area contributed by atoms with E-state index in [9.17, 15) is 0 Å². The van der Waals surface area contributed by atoms with Gasteiger partial charge in [0.15, 0.2) is 5.88 Å². The molecule has 0 spiro atoms. The second kappa shape index (κ2) is 3.03. The highest BCUT2D eigenvalue weighted by Gasteiger charge is 2.40. The molecule has 4 heterocycles. The van der Waals surface area contributed by atoms with Crippen molar-refractivity contribution in [2.75, 3.05) is 0 Å². The lowest BCUT2D eigenvalue weighted by Crippen LogP contribution is -2.50. The van der Waals surface area contributed by atoms with Gasteiger partial charge in [0.25, 0.3) is 6.01 Å². The number of hydrogen-bond acceptors (Lipinski definition) is 3. The molecule has 0 radical (unpaired) electrons. The molecule has 0 fully saturated rings. The second-order valence-electron chi connectivity index (χ2n) is 4.62. The van der Waals surface area contributed by atoms with E-state index in [2.05, 4.69) is 9.46 Å². The molecule has 0 unspecified atom stereocenters. The summed E-state index contributed by atoms with van der Waals surface area (Å²) in [6, 6.07) is 10.4. The summed E-state index contributed by atoms with van der Waals surface area (Å²) in [4.78, 5) is 4.25. The number of imidazole rings is 1. The van der Waals surface area contributed by atoms with Gasteiger partial charge in [0.2, 0.25) is 0 Å². The standard InChI is InChI=1S/C13H8BN3O2/c1-3-9-12-10(4-1)19-13-15-6-8-17(13)14(12)16-7-2-5-11(16)18-9/h1-8H. The summed E-state index contributed by atoms with van der Waals surface area (Å²) >= 11 is 0. The van der Waals surface area contributed by atoms with E-state index in [1.165, 1.54) is 0 Å². The van der Waals surface area contributed by atoms with E-state index in [1.54, 1.807) is 6.20 Å². The third kappa shape index (κ3) is 1.04. The van der Waals surface area contributed by atoms with Crippen LogP contribution >= 0.6 is 0 Å². The lowest BCUT2D eigenvalue weighted by molar-refractivity contribution is 0.413. The van der Waals surface area contributed by atoms with Crippen LogP contribution in [0, 0.1) is 0 Å². The van der Waals surface area contributed by atoms with Crippen molar-refractivity contribution < 1.29 is 9.47 Å². The van der Waals surface area contributed by atoms with Crippen LogP contribution in [-0.4, -0.2) is 20.9 Å². The first kappa shape index (κ1) is 9.32. The Hall–Kier alpha value is -2.63. The Morgan fingerprint density at radius 3 is 2.79 bits per heavy atom. The maximum Gasteiger partial charge on any atom is 0.433 e. The number of ether oxygens (including phenoxy) is 2. The molecule has 6 heteroatoms. The molecule has 1 aromatic carbocycles. The van der Waals surface area contributed by atoms with Gasteiger partial charge >= 0.3 is 6.98 Å². The molecular weight excluding hydrogens is 241 g/mol. The Morgan fingerprint density at radius 1 is 0.947 bits per heavy atom. The van der Waals surface area contributed by atoms with E-state index in [0.29, 0.717) is 6.01 Å². The van der Waals surface area contributed by atoms with Gasteiger partial charge in [-0.3, -0.25) is 0 Å². The molecule has 2 aromatic heterocycles. The van der Waals surface area contributed by atoms with Crippen LogP contribution in [0.5, 0.6) is 23.4 Å². The van der Waals surface area contributed by atoms with E-state index < -0.39 is 0 Å². The predicted octanol–water partition coefficient (Wildman–Crippen LogP) is 1.69. The van der Waals surface area contributed by atoms with Crippen molar-refractivity contribution in [2.45, 2.75) is 0 Å². The zero-order valence-electron chi connectivity index (χ0n) is 9.85. The van der Waals surface area contributed by atoms with Crippen LogP contribution in [0.2, 0.25) is 0 Å². The highest BCUT2D eigenvalue weighted by molar-refractivity contribution is 6.73. The maximum absolute atomic E-state index is 5.91. The molecule has 0 bridgehead atoms. The lowest BCUT2D eigenvalue weighted by Gasteiger charge is -2.31. The Labute approximate surface area is 109 Å². The zero-order valence-corrected chi connectivity index (χ0v) is 9.85. The molecule has 0 N–H and O–H groups in total. The summed E-state index contributed by atoms with van der Waals surface area (Å²) in [7, 11) is 0. The van der Waals surface area contributed by atoms with Crippen molar-refractivity contribution >= 4 is 12.4 Å². The number of rotatable bonds is 0. The van der Waals surface area contributed by atoms with Crippen LogP contribution in [0.25, 0.3) is 0 Å². The third-order valence-corrected chi connectivity index (χ3v) is 3.60. The van der Waals surface area contributed by atoms with E-state index in [-0.39, 0.29) is 6.98 Å². The summed E-state index contributed by atoms with van der Waals surface area (Å²) in [6.45, 7) is 0.0104. The SMILES string of the molecule is c1cc2c3c(c1)Oc1nccn1B3n1cccc1O2. The fraction of sp³-hybridized carbons (Fsp3) is 0. The predicted molar refractivity (Wildman–Crippen MR) is 69.4 cm³/mol. The quantitative estimate of drug-likeness (QED) is 0.392. The molecule has 3 aromatic rings.